The summed E-state index contributed by atoms with van der Waals surface area (Å²) in [6, 6.07) is -0.642. The van der Waals surface area contributed by atoms with E-state index >= 15 is 0 Å². The quantitative estimate of drug-likeness (QED) is 0.313. The van der Waals surface area contributed by atoms with Crippen LogP contribution >= 0.6 is 23.2 Å². The minimum atomic E-state index is -0.727. The number of nitrogens with one attached hydrogen (secondary N) is 1. The van der Waals surface area contributed by atoms with E-state index in [0.29, 0.717) is 6.42 Å². The summed E-state index contributed by atoms with van der Waals surface area (Å²) in [5.74, 6) is 0. The standard InChI is InChI=1S/C14H25Cl2NO2/c1-2-3-4-5-6-7-8-9-10-11-12(13(15)18)17-14(16)19/h12H,2-11H2,1H3,(H,17,19). The van der Waals surface area contributed by atoms with Gasteiger partial charge < -0.3 is 5.32 Å². The Bertz CT molecular complexity index is 260. The number of halogens is 2. The van der Waals surface area contributed by atoms with Crippen molar-refractivity contribution in [1.82, 2.24) is 5.32 Å². The zero-order valence-electron chi connectivity index (χ0n) is 11.7. The average Bonchev–Trinajstić information content (AvgIpc) is 2.34. The number of carbonyl (C=O) groups is 2. The van der Waals surface area contributed by atoms with Crippen molar-refractivity contribution in [2.45, 2.75) is 77.2 Å². The van der Waals surface area contributed by atoms with Gasteiger partial charge in [0.1, 0.15) is 6.04 Å². The van der Waals surface area contributed by atoms with Gasteiger partial charge in [-0.1, -0.05) is 64.7 Å². The van der Waals surface area contributed by atoms with Crippen molar-refractivity contribution in [2.75, 3.05) is 0 Å². The monoisotopic (exact) mass is 309 g/mol. The third kappa shape index (κ3) is 12.5. The molecule has 112 valence electrons. The first-order chi connectivity index (χ1) is 9.07. The first-order valence-electron chi connectivity index (χ1n) is 7.23. The first-order valence-corrected chi connectivity index (χ1v) is 7.98. The normalized spacial score (nSPS) is 12.2. The summed E-state index contributed by atoms with van der Waals surface area (Å²) in [5.41, 5.74) is 0. The summed E-state index contributed by atoms with van der Waals surface area (Å²) in [7, 11) is 0. The topological polar surface area (TPSA) is 46.2 Å². The zero-order valence-corrected chi connectivity index (χ0v) is 13.2. The van der Waals surface area contributed by atoms with E-state index in [4.69, 9.17) is 23.2 Å². The Balaban J connectivity index is 3.45. The van der Waals surface area contributed by atoms with E-state index in [1.54, 1.807) is 0 Å². The lowest BCUT2D eigenvalue weighted by Gasteiger charge is -2.12. The molecule has 0 aliphatic heterocycles. The highest BCUT2D eigenvalue weighted by Crippen LogP contribution is 2.12. The molecule has 1 atom stereocenters. The molecule has 0 heterocycles. The van der Waals surface area contributed by atoms with Crippen molar-refractivity contribution >= 4 is 33.8 Å². The summed E-state index contributed by atoms with van der Waals surface area (Å²) >= 11 is 10.6. The van der Waals surface area contributed by atoms with Crippen LogP contribution in [0.3, 0.4) is 0 Å². The van der Waals surface area contributed by atoms with E-state index < -0.39 is 16.7 Å². The van der Waals surface area contributed by atoms with Gasteiger partial charge in [0.05, 0.1) is 0 Å². The van der Waals surface area contributed by atoms with Crippen LogP contribution in [-0.2, 0) is 4.79 Å². The van der Waals surface area contributed by atoms with Crippen LogP contribution in [0.2, 0.25) is 0 Å². The SMILES string of the molecule is CCCCCCCCCCCC(NC(=O)Cl)C(=O)Cl. The number of amides is 1. The maximum Gasteiger partial charge on any atom is 0.314 e. The highest BCUT2D eigenvalue weighted by atomic mass is 35.5. The van der Waals surface area contributed by atoms with Crippen molar-refractivity contribution in [3.8, 4) is 0 Å². The van der Waals surface area contributed by atoms with Gasteiger partial charge in [-0.2, -0.15) is 0 Å². The fourth-order valence-electron chi connectivity index (χ4n) is 2.04. The van der Waals surface area contributed by atoms with Gasteiger partial charge in [-0.15, -0.1) is 0 Å². The van der Waals surface area contributed by atoms with Crippen molar-refractivity contribution in [3.63, 3.8) is 0 Å². The van der Waals surface area contributed by atoms with Crippen LogP contribution in [0.1, 0.15) is 71.1 Å². The molecular formula is C14H25Cl2NO2. The van der Waals surface area contributed by atoms with Gasteiger partial charge in [-0.25, -0.2) is 0 Å². The van der Waals surface area contributed by atoms with Crippen LogP contribution in [0.5, 0.6) is 0 Å². The Kier molecular flexibility index (Phi) is 12.6. The molecule has 0 saturated carbocycles. The van der Waals surface area contributed by atoms with Gasteiger partial charge in [-0.05, 0) is 29.6 Å². The number of rotatable bonds is 12. The van der Waals surface area contributed by atoms with Gasteiger partial charge in [0.2, 0.25) is 5.24 Å². The minimum Gasteiger partial charge on any atom is -0.331 e. The summed E-state index contributed by atoms with van der Waals surface area (Å²) in [5, 5.41) is 1.08. The highest BCUT2D eigenvalue weighted by molar-refractivity contribution is 6.66. The Labute approximate surface area is 126 Å². The van der Waals surface area contributed by atoms with Crippen LogP contribution in [0.4, 0.5) is 4.79 Å². The Morgan fingerprint density at radius 3 is 1.79 bits per heavy atom. The Hall–Kier alpha value is -0.280. The molecule has 0 radical (unpaired) electrons. The van der Waals surface area contributed by atoms with Crippen LogP contribution < -0.4 is 5.32 Å². The lowest BCUT2D eigenvalue weighted by Crippen LogP contribution is -2.35. The molecule has 0 aromatic heterocycles. The number of hydrogen-bond acceptors (Lipinski definition) is 2. The molecule has 3 nitrogen and oxygen atoms in total. The highest BCUT2D eigenvalue weighted by Gasteiger charge is 2.16. The van der Waals surface area contributed by atoms with Crippen LogP contribution in [0.15, 0.2) is 0 Å². The van der Waals surface area contributed by atoms with Gasteiger partial charge in [0.25, 0.3) is 0 Å². The molecule has 0 bridgehead atoms. The largest absolute Gasteiger partial charge is 0.331 e. The predicted octanol–water partition coefficient (Wildman–Crippen LogP) is 4.99. The number of carbonyl (C=O) groups excluding carboxylic acids is 2. The van der Waals surface area contributed by atoms with Crippen LogP contribution in [0.25, 0.3) is 0 Å². The molecule has 1 amide bonds. The van der Waals surface area contributed by atoms with E-state index in [1.807, 2.05) is 0 Å². The molecule has 0 aromatic carbocycles. The molecule has 0 aliphatic carbocycles. The molecule has 1 unspecified atom stereocenters. The summed E-state index contributed by atoms with van der Waals surface area (Å²) in [4.78, 5) is 21.7. The molecular weight excluding hydrogens is 285 g/mol. The minimum absolute atomic E-state index is 0.548. The fraction of sp³-hybridized carbons (Fsp3) is 0.857. The van der Waals surface area contributed by atoms with Crippen LogP contribution in [-0.4, -0.2) is 16.7 Å². The third-order valence-electron chi connectivity index (χ3n) is 3.16. The maximum atomic E-state index is 11.0. The fourth-order valence-corrected chi connectivity index (χ4v) is 2.33. The van der Waals surface area contributed by atoms with Crippen molar-refractivity contribution in [3.05, 3.63) is 0 Å². The molecule has 0 rings (SSSR count). The maximum absolute atomic E-state index is 11.0. The average molecular weight is 310 g/mol. The van der Waals surface area contributed by atoms with Gasteiger partial charge in [0, 0.05) is 0 Å². The summed E-state index contributed by atoms with van der Waals surface area (Å²) in [6.45, 7) is 2.22. The lowest BCUT2D eigenvalue weighted by molar-refractivity contribution is -0.113. The van der Waals surface area contributed by atoms with E-state index in [-0.39, 0.29) is 0 Å². The van der Waals surface area contributed by atoms with E-state index in [2.05, 4.69) is 12.2 Å². The second kappa shape index (κ2) is 12.7. The second-order valence-corrected chi connectivity index (χ2v) is 5.61. The molecule has 0 aliphatic rings. The molecule has 5 heteroatoms. The lowest BCUT2D eigenvalue weighted by atomic mass is 10.0. The Morgan fingerprint density at radius 1 is 0.895 bits per heavy atom. The van der Waals surface area contributed by atoms with E-state index in [9.17, 15) is 9.59 Å². The number of unbranched alkanes of at least 4 members (excludes halogenated alkanes) is 8. The van der Waals surface area contributed by atoms with Crippen LogP contribution in [0, 0.1) is 0 Å². The van der Waals surface area contributed by atoms with Gasteiger partial charge >= 0.3 is 5.37 Å². The van der Waals surface area contributed by atoms with Crippen molar-refractivity contribution in [2.24, 2.45) is 0 Å². The molecule has 0 saturated heterocycles. The third-order valence-corrected chi connectivity index (χ3v) is 3.53. The van der Waals surface area contributed by atoms with Gasteiger partial charge in [0.15, 0.2) is 0 Å². The van der Waals surface area contributed by atoms with Crippen molar-refractivity contribution < 1.29 is 9.59 Å². The molecule has 1 N–H and O–H groups in total. The molecule has 0 aromatic rings. The molecule has 0 fully saturated rings. The van der Waals surface area contributed by atoms with Gasteiger partial charge in [-0.3, -0.25) is 9.59 Å². The zero-order chi connectivity index (χ0) is 14.5. The smallest absolute Gasteiger partial charge is 0.314 e. The van der Waals surface area contributed by atoms with E-state index in [0.717, 1.165) is 12.8 Å². The number of hydrogen-bond donors (Lipinski definition) is 1. The Morgan fingerprint density at radius 2 is 1.37 bits per heavy atom. The first kappa shape index (κ1) is 18.7. The van der Waals surface area contributed by atoms with Crippen molar-refractivity contribution in [1.29, 1.82) is 0 Å². The predicted molar refractivity (Wildman–Crippen MR) is 80.9 cm³/mol. The molecule has 19 heavy (non-hydrogen) atoms. The summed E-state index contributed by atoms with van der Waals surface area (Å²) in [6.07, 6.45) is 11.5. The second-order valence-electron chi connectivity index (χ2n) is 4.89. The molecule has 0 spiro atoms. The van der Waals surface area contributed by atoms with E-state index in [1.165, 1.54) is 44.9 Å². The summed E-state index contributed by atoms with van der Waals surface area (Å²) < 4.78 is 0.